The summed E-state index contributed by atoms with van der Waals surface area (Å²) in [6, 6.07) is 13.8. The fourth-order valence-corrected chi connectivity index (χ4v) is 3.48. The lowest BCUT2D eigenvalue weighted by Gasteiger charge is -2.31. The summed E-state index contributed by atoms with van der Waals surface area (Å²) in [6.07, 6.45) is 0. The molecule has 3 rings (SSSR count). The fraction of sp³-hybridized carbons (Fsp3) is 0.158. The molecule has 0 bridgehead atoms. The first-order valence-corrected chi connectivity index (χ1v) is 8.20. The molecule has 2 aromatic carbocycles. The predicted molar refractivity (Wildman–Crippen MR) is 101 cm³/mol. The number of nitrogens with one attached hydrogen (secondary N) is 1. The molecule has 0 amide bonds. The smallest absolute Gasteiger partial charge is 0.211 e. The van der Waals surface area contributed by atoms with E-state index in [0.717, 1.165) is 22.5 Å². The Balaban J connectivity index is 2.13. The molecule has 0 fully saturated rings. The Labute approximate surface area is 150 Å². The molecule has 2 aromatic rings. The second kappa shape index (κ2) is 6.20. The molecule has 1 N–H and O–H groups in total. The molecule has 0 aliphatic carbocycles. The molecule has 0 aromatic heterocycles. The van der Waals surface area contributed by atoms with Gasteiger partial charge in [0.1, 0.15) is 0 Å². The monoisotopic (exact) mass is 384 g/mol. The highest BCUT2D eigenvalue weighted by atomic mass is 79.9. The Morgan fingerprint density at radius 3 is 2.48 bits per heavy atom. The summed E-state index contributed by atoms with van der Waals surface area (Å²) in [6.45, 7) is 3.66. The minimum atomic E-state index is -0.681. The number of benzene rings is 2. The van der Waals surface area contributed by atoms with Crippen LogP contribution in [0.4, 0.5) is 11.4 Å². The Morgan fingerprint density at radius 2 is 1.83 bits per heavy atom. The van der Waals surface area contributed by atoms with Crippen LogP contribution in [0.25, 0.3) is 0 Å². The van der Waals surface area contributed by atoms with Gasteiger partial charge in [-0.1, -0.05) is 29.7 Å². The third-order valence-electron chi connectivity index (χ3n) is 3.66. The van der Waals surface area contributed by atoms with Crippen molar-refractivity contribution >= 4 is 39.1 Å². The highest BCUT2D eigenvalue weighted by Crippen LogP contribution is 2.47. The van der Waals surface area contributed by atoms with Crippen LogP contribution >= 0.6 is 27.7 Å². The molecule has 2 nitrogen and oxygen atoms in total. The Kier molecular flexibility index (Phi) is 4.26. The molecule has 1 unspecified atom stereocenters. The van der Waals surface area contributed by atoms with Gasteiger partial charge in [0.2, 0.25) is 5.66 Å². The van der Waals surface area contributed by atoms with E-state index in [4.69, 9.17) is 11.6 Å². The van der Waals surface area contributed by atoms with E-state index >= 15 is 0 Å². The van der Waals surface area contributed by atoms with Crippen molar-refractivity contribution in [2.24, 2.45) is 0 Å². The standard InChI is InChI=1S/C19H14BrClN2/c1-3-5-14-6-11-18-17(13-14)22-19(12-4-2,23(18)20)15-7-9-16(21)10-8-15/h6-11,13,22H,1-2H3. The lowest BCUT2D eigenvalue weighted by atomic mass is 10.0. The number of hydrogen-bond donors (Lipinski definition) is 1. The number of fused-ring (bicyclic) bond motifs is 1. The average Bonchev–Trinajstić information content (AvgIpc) is 2.82. The summed E-state index contributed by atoms with van der Waals surface area (Å²) >= 11 is 9.70. The van der Waals surface area contributed by atoms with Gasteiger partial charge in [-0.05, 0) is 50.1 Å². The van der Waals surface area contributed by atoms with Crippen molar-refractivity contribution < 1.29 is 0 Å². The van der Waals surface area contributed by atoms with E-state index in [1.165, 1.54) is 0 Å². The van der Waals surface area contributed by atoms with Gasteiger partial charge in [0.25, 0.3) is 0 Å². The number of hydrogen-bond acceptors (Lipinski definition) is 2. The van der Waals surface area contributed by atoms with E-state index in [1.807, 2.05) is 60.2 Å². The molecule has 1 aliphatic heterocycles. The highest BCUT2D eigenvalue weighted by Gasteiger charge is 2.43. The maximum Gasteiger partial charge on any atom is 0.211 e. The van der Waals surface area contributed by atoms with Crippen molar-refractivity contribution in [3.63, 3.8) is 0 Å². The van der Waals surface area contributed by atoms with Gasteiger partial charge in [0, 0.05) is 16.1 Å². The predicted octanol–water partition coefficient (Wildman–Crippen LogP) is 5.13. The topological polar surface area (TPSA) is 15.3 Å². The van der Waals surface area contributed by atoms with Gasteiger partial charge in [-0.2, -0.15) is 0 Å². The van der Waals surface area contributed by atoms with Crippen molar-refractivity contribution in [2.45, 2.75) is 19.5 Å². The van der Waals surface area contributed by atoms with Crippen LogP contribution in [-0.2, 0) is 5.66 Å². The molecule has 114 valence electrons. The fourth-order valence-electron chi connectivity index (χ4n) is 2.66. The van der Waals surface area contributed by atoms with Crippen LogP contribution in [0.15, 0.2) is 42.5 Å². The van der Waals surface area contributed by atoms with Gasteiger partial charge < -0.3 is 5.32 Å². The summed E-state index contributed by atoms with van der Waals surface area (Å²) in [7, 11) is 0. The summed E-state index contributed by atoms with van der Waals surface area (Å²) < 4.78 is 1.97. The molecule has 4 heteroatoms. The van der Waals surface area contributed by atoms with Gasteiger partial charge >= 0.3 is 0 Å². The lowest BCUT2D eigenvalue weighted by Crippen LogP contribution is -2.41. The molecule has 0 radical (unpaired) electrons. The average molecular weight is 386 g/mol. The number of nitrogens with zero attached hydrogens (tertiary/aromatic N) is 1. The van der Waals surface area contributed by atoms with Crippen LogP contribution in [0.2, 0.25) is 5.02 Å². The van der Waals surface area contributed by atoms with Crippen molar-refractivity contribution in [2.75, 3.05) is 9.24 Å². The molecule has 1 aliphatic rings. The van der Waals surface area contributed by atoms with Crippen LogP contribution in [0, 0.1) is 23.7 Å². The third kappa shape index (κ3) is 2.68. The lowest BCUT2D eigenvalue weighted by molar-refractivity contribution is 0.721. The van der Waals surface area contributed by atoms with E-state index in [1.54, 1.807) is 0 Å². The largest absolute Gasteiger partial charge is 0.346 e. The van der Waals surface area contributed by atoms with Gasteiger partial charge in [-0.15, -0.1) is 11.8 Å². The quantitative estimate of drug-likeness (QED) is 0.541. The zero-order valence-electron chi connectivity index (χ0n) is 12.7. The molecular weight excluding hydrogens is 372 g/mol. The van der Waals surface area contributed by atoms with Crippen LogP contribution in [0.3, 0.4) is 0 Å². The van der Waals surface area contributed by atoms with E-state index in [0.29, 0.717) is 5.02 Å². The summed E-state index contributed by atoms with van der Waals surface area (Å²) in [5, 5.41) is 4.23. The van der Waals surface area contributed by atoms with Gasteiger partial charge in [0.05, 0.1) is 27.5 Å². The first-order chi connectivity index (χ1) is 11.1. The van der Waals surface area contributed by atoms with E-state index in [-0.39, 0.29) is 0 Å². The van der Waals surface area contributed by atoms with Crippen LogP contribution < -0.4 is 9.24 Å². The molecule has 0 spiro atoms. The van der Waals surface area contributed by atoms with Crippen LogP contribution in [0.5, 0.6) is 0 Å². The normalized spacial score (nSPS) is 18.2. The maximum atomic E-state index is 6.02. The number of halogens is 2. The first-order valence-electron chi connectivity index (χ1n) is 7.11. The molecule has 23 heavy (non-hydrogen) atoms. The molecule has 1 heterocycles. The third-order valence-corrected chi connectivity index (χ3v) is 4.82. The minimum Gasteiger partial charge on any atom is -0.346 e. The van der Waals surface area contributed by atoms with E-state index < -0.39 is 5.66 Å². The van der Waals surface area contributed by atoms with Crippen LogP contribution in [0.1, 0.15) is 25.0 Å². The van der Waals surface area contributed by atoms with Gasteiger partial charge in [-0.25, -0.2) is 0 Å². The minimum absolute atomic E-state index is 0.681. The molecule has 1 atom stereocenters. The van der Waals surface area contributed by atoms with Crippen LogP contribution in [-0.4, -0.2) is 0 Å². The SMILES string of the molecule is CC#Cc1ccc2c(c1)NC(C#CC)(c1ccc(Cl)cc1)N2Br. The van der Waals surface area contributed by atoms with E-state index in [9.17, 15) is 0 Å². The second-order valence-electron chi connectivity index (χ2n) is 5.11. The Morgan fingerprint density at radius 1 is 1.09 bits per heavy atom. The Hall–Kier alpha value is -2.07. The summed E-state index contributed by atoms with van der Waals surface area (Å²) in [4.78, 5) is 0. The van der Waals surface area contributed by atoms with Crippen molar-refractivity contribution in [1.29, 1.82) is 0 Å². The zero-order chi connectivity index (χ0) is 16.4. The summed E-state index contributed by atoms with van der Waals surface area (Å²) in [5.74, 6) is 12.3. The summed E-state index contributed by atoms with van der Waals surface area (Å²) in [5.41, 5.74) is 3.30. The Bertz CT molecular complexity index is 868. The number of rotatable bonds is 1. The van der Waals surface area contributed by atoms with E-state index in [2.05, 4.69) is 45.1 Å². The van der Waals surface area contributed by atoms with Crippen molar-refractivity contribution in [3.05, 3.63) is 58.6 Å². The maximum absolute atomic E-state index is 6.02. The second-order valence-corrected chi connectivity index (χ2v) is 6.25. The molecular formula is C19H14BrClN2. The highest BCUT2D eigenvalue weighted by molar-refractivity contribution is 9.10. The zero-order valence-corrected chi connectivity index (χ0v) is 15.1. The number of anilines is 2. The molecule has 0 saturated heterocycles. The first kappa shape index (κ1) is 15.8. The molecule has 0 saturated carbocycles. The van der Waals surface area contributed by atoms with Gasteiger partial charge in [-0.3, -0.25) is 3.93 Å². The van der Waals surface area contributed by atoms with Crippen molar-refractivity contribution in [1.82, 2.24) is 0 Å². The van der Waals surface area contributed by atoms with Gasteiger partial charge in [0.15, 0.2) is 0 Å². The van der Waals surface area contributed by atoms with Crippen molar-refractivity contribution in [3.8, 4) is 23.7 Å².